The molecule has 1 N–H and O–H groups in total. The number of aryl methyl sites for hydroxylation is 1. The standard InChI is InChI=1S/C11H16N4O2/c1-15-13-9(12-14-15)6-11(10(16)17)5-7-2-3-8(11)4-7/h7-8H,2-6H2,1H3,(H,16,17). The Balaban J connectivity index is 1.89. The first kappa shape index (κ1) is 10.7. The normalized spacial score (nSPS) is 35.4. The van der Waals surface area contributed by atoms with Gasteiger partial charge in [0.2, 0.25) is 0 Å². The van der Waals surface area contributed by atoms with Crippen molar-refractivity contribution in [3.05, 3.63) is 5.82 Å². The van der Waals surface area contributed by atoms with Gasteiger partial charge in [0, 0.05) is 6.42 Å². The zero-order chi connectivity index (χ0) is 12.0. The molecular weight excluding hydrogens is 220 g/mol. The van der Waals surface area contributed by atoms with Crippen LogP contribution in [0.3, 0.4) is 0 Å². The Labute approximate surface area is 99.0 Å². The fourth-order valence-corrected chi connectivity index (χ4v) is 3.67. The molecule has 0 amide bonds. The number of carboxylic acids is 1. The SMILES string of the molecule is Cn1nnc(CC2(C(=O)O)CC3CCC2C3)n1. The van der Waals surface area contributed by atoms with Gasteiger partial charge in [-0.2, -0.15) is 4.80 Å². The molecule has 2 bridgehead atoms. The summed E-state index contributed by atoms with van der Waals surface area (Å²) in [6, 6.07) is 0. The van der Waals surface area contributed by atoms with E-state index in [1.165, 1.54) is 11.2 Å². The largest absolute Gasteiger partial charge is 0.481 e. The minimum absolute atomic E-state index is 0.300. The van der Waals surface area contributed by atoms with E-state index < -0.39 is 11.4 Å². The molecule has 6 heteroatoms. The predicted octanol–water partition coefficient (Wildman–Crippen LogP) is 0.644. The molecule has 6 nitrogen and oxygen atoms in total. The quantitative estimate of drug-likeness (QED) is 0.833. The Hall–Kier alpha value is -1.46. The second-order valence-electron chi connectivity index (χ2n) is 5.41. The van der Waals surface area contributed by atoms with E-state index in [0.717, 1.165) is 19.3 Å². The Morgan fingerprint density at radius 2 is 2.41 bits per heavy atom. The molecular formula is C11H16N4O2. The van der Waals surface area contributed by atoms with Crippen molar-refractivity contribution >= 4 is 5.97 Å². The van der Waals surface area contributed by atoms with Crippen LogP contribution in [0.1, 0.15) is 31.5 Å². The second-order valence-corrected chi connectivity index (χ2v) is 5.41. The molecule has 0 spiro atoms. The molecule has 3 atom stereocenters. The Morgan fingerprint density at radius 1 is 1.59 bits per heavy atom. The van der Waals surface area contributed by atoms with E-state index in [0.29, 0.717) is 24.1 Å². The number of hydrogen-bond acceptors (Lipinski definition) is 4. The molecule has 3 rings (SSSR count). The summed E-state index contributed by atoms with van der Waals surface area (Å²) in [6.07, 6.45) is 4.50. The highest BCUT2D eigenvalue weighted by atomic mass is 16.4. The van der Waals surface area contributed by atoms with Crippen LogP contribution >= 0.6 is 0 Å². The summed E-state index contributed by atoms with van der Waals surface area (Å²) in [7, 11) is 1.70. The number of hydrogen-bond donors (Lipinski definition) is 1. The molecule has 2 aliphatic rings. The van der Waals surface area contributed by atoms with Crippen molar-refractivity contribution in [1.82, 2.24) is 20.2 Å². The molecule has 92 valence electrons. The lowest BCUT2D eigenvalue weighted by molar-refractivity contribution is -0.152. The monoisotopic (exact) mass is 236 g/mol. The van der Waals surface area contributed by atoms with Gasteiger partial charge < -0.3 is 5.11 Å². The van der Waals surface area contributed by atoms with Gasteiger partial charge in [0.15, 0.2) is 5.82 Å². The van der Waals surface area contributed by atoms with Crippen LogP contribution in [0.5, 0.6) is 0 Å². The molecule has 0 saturated heterocycles. The second kappa shape index (κ2) is 3.51. The minimum atomic E-state index is -0.683. The van der Waals surface area contributed by atoms with E-state index in [1.54, 1.807) is 7.05 Å². The van der Waals surface area contributed by atoms with Gasteiger partial charge in [-0.3, -0.25) is 4.79 Å². The van der Waals surface area contributed by atoms with E-state index in [4.69, 9.17) is 0 Å². The van der Waals surface area contributed by atoms with Crippen molar-refractivity contribution in [2.24, 2.45) is 24.3 Å². The number of tetrazole rings is 1. The first-order valence-corrected chi connectivity index (χ1v) is 6.06. The van der Waals surface area contributed by atoms with E-state index in [-0.39, 0.29) is 0 Å². The molecule has 1 heterocycles. The topological polar surface area (TPSA) is 80.9 Å². The number of fused-ring (bicyclic) bond motifs is 2. The maximum atomic E-state index is 11.6. The van der Waals surface area contributed by atoms with E-state index in [2.05, 4.69) is 15.4 Å². The summed E-state index contributed by atoms with van der Waals surface area (Å²) in [5.74, 6) is 0.765. The fraction of sp³-hybridized carbons (Fsp3) is 0.818. The van der Waals surface area contributed by atoms with Gasteiger partial charge in [-0.05, 0) is 36.3 Å². The zero-order valence-electron chi connectivity index (χ0n) is 9.83. The third kappa shape index (κ3) is 1.54. The highest BCUT2D eigenvalue weighted by Gasteiger charge is 2.56. The molecule has 3 unspecified atom stereocenters. The van der Waals surface area contributed by atoms with Gasteiger partial charge in [-0.25, -0.2) is 0 Å². The summed E-state index contributed by atoms with van der Waals surface area (Å²) >= 11 is 0. The van der Waals surface area contributed by atoms with Gasteiger partial charge >= 0.3 is 5.97 Å². The molecule has 2 aliphatic carbocycles. The van der Waals surface area contributed by atoms with Crippen LogP contribution in [0.2, 0.25) is 0 Å². The number of carboxylic acid groups (broad SMARTS) is 1. The van der Waals surface area contributed by atoms with Crippen LogP contribution in [0.4, 0.5) is 0 Å². The number of nitrogens with zero attached hydrogens (tertiary/aromatic N) is 4. The first-order chi connectivity index (χ1) is 8.10. The number of rotatable bonds is 3. The van der Waals surface area contributed by atoms with Crippen LogP contribution in [-0.4, -0.2) is 31.3 Å². The zero-order valence-corrected chi connectivity index (χ0v) is 9.83. The number of aromatic nitrogens is 4. The summed E-state index contributed by atoms with van der Waals surface area (Å²) in [4.78, 5) is 13.0. The lowest BCUT2D eigenvalue weighted by Crippen LogP contribution is -2.38. The van der Waals surface area contributed by atoms with Gasteiger partial charge in [0.25, 0.3) is 0 Å². The number of carbonyl (C=O) groups is 1. The van der Waals surface area contributed by atoms with Gasteiger partial charge in [-0.1, -0.05) is 6.42 Å². The molecule has 2 fully saturated rings. The Bertz CT molecular complexity index is 458. The minimum Gasteiger partial charge on any atom is -0.481 e. The predicted molar refractivity (Wildman–Crippen MR) is 58.0 cm³/mol. The van der Waals surface area contributed by atoms with Crippen molar-refractivity contribution in [1.29, 1.82) is 0 Å². The van der Waals surface area contributed by atoms with Crippen molar-refractivity contribution in [3.63, 3.8) is 0 Å². The fourth-order valence-electron chi connectivity index (χ4n) is 3.67. The van der Waals surface area contributed by atoms with Gasteiger partial charge in [0.1, 0.15) is 0 Å². The number of aliphatic carboxylic acids is 1. The van der Waals surface area contributed by atoms with Crippen LogP contribution < -0.4 is 0 Å². The lowest BCUT2D eigenvalue weighted by atomic mass is 9.70. The first-order valence-electron chi connectivity index (χ1n) is 6.06. The third-order valence-corrected chi connectivity index (χ3v) is 4.42. The molecule has 0 radical (unpaired) electrons. The third-order valence-electron chi connectivity index (χ3n) is 4.42. The molecule has 0 aliphatic heterocycles. The van der Waals surface area contributed by atoms with E-state index in [1.807, 2.05) is 0 Å². The van der Waals surface area contributed by atoms with E-state index in [9.17, 15) is 9.90 Å². The van der Waals surface area contributed by atoms with Crippen LogP contribution in [0, 0.1) is 17.3 Å². The van der Waals surface area contributed by atoms with Crippen LogP contribution in [0.25, 0.3) is 0 Å². The molecule has 17 heavy (non-hydrogen) atoms. The molecule has 0 aromatic carbocycles. The van der Waals surface area contributed by atoms with Gasteiger partial charge in [-0.15, -0.1) is 10.2 Å². The smallest absolute Gasteiger partial charge is 0.310 e. The molecule has 1 aromatic heterocycles. The maximum Gasteiger partial charge on any atom is 0.310 e. The Kier molecular flexibility index (Phi) is 2.21. The average molecular weight is 236 g/mol. The molecule has 1 aromatic rings. The molecule has 2 saturated carbocycles. The summed E-state index contributed by atoms with van der Waals surface area (Å²) in [5.41, 5.74) is -0.633. The van der Waals surface area contributed by atoms with Gasteiger partial charge in [0.05, 0.1) is 12.5 Å². The van der Waals surface area contributed by atoms with E-state index >= 15 is 0 Å². The summed E-state index contributed by atoms with van der Waals surface area (Å²) < 4.78 is 0. The highest BCUT2D eigenvalue weighted by molar-refractivity contribution is 5.76. The lowest BCUT2D eigenvalue weighted by Gasteiger charge is -2.32. The Morgan fingerprint density at radius 3 is 2.88 bits per heavy atom. The van der Waals surface area contributed by atoms with Crippen molar-refractivity contribution in [2.45, 2.75) is 32.1 Å². The van der Waals surface area contributed by atoms with Crippen LogP contribution in [-0.2, 0) is 18.3 Å². The van der Waals surface area contributed by atoms with Crippen molar-refractivity contribution in [2.75, 3.05) is 0 Å². The average Bonchev–Trinajstić information content (AvgIpc) is 2.94. The maximum absolute atomic E-state index is 11.6. The highest BCUT2D eigenvalue weighted by Crippen LogP contribution is 2.57. The van der Waals surface area contributed by atoms with Crippen molar-refractivity contribution in [3.8, 4) is 0 Å². The summed E-state index contributed by atoms with van der Waals surface area (Å²) in [6.45, 7) is 0. The summed E-state index contributed by atoms with van der Waals surface area (Å²) in [5, 5.41) is 21.4. The van der Waals surface area contributed by atoms with Crippen LogP contribution in [0.15, 0.2) is 0 Å². The van der Waals surface area contributed by atoms with Crippen molar-refractivity contribution < 1.29 is 9.90 Å².